The smallest absolute Gasteiger partial charge is 0.210 e. The van der Waals surface area contributed by atoms with E-state index < -0.39 is 0 Å². The van der Waals surface area contributed by atoms with Gasteiger partial charge in [-0.2, -0.15) is 0 Å². The average Bonchev–Trinajstić information content (AvgIpc) is 3.24. The van der Waals surface area contributed by atoms with Gasteiger partial charge in [-0.05, 0) is 39.0 Å². The summed E-state index contributed by atoms with van der Waals surface area (Å²) in [5.74, 6) is 0.435. The maximum Gasteiger partial charge on any atom is 0.210 e. The minimum atomic E-state index is 0.0988. The normalized spacial score (nSPS) is 12.1. The van der Waals surface area contributed by atoms with Gasteiger partial charge in [0.25, 0.3) is 0 Å². The van der Waals surface area contributed by atoms with Crippen molar-refractivity contribution in [2.45, 2.75) is 31.2 Å². The van der Waals surface area contributed by atoms with E-state index in [-0.39, 0.29) is 11.8 Å². The number of methoxy groups -OCH3 is 1. The topological polar surface area (TPSA) is 69.0 Å². The van der Waals surface area contributed by atoms with E-state index >= 15 is 0 Å². The molecule has 0 radical (unpaired) electrons. The van der Waals surface area contributed by atoms with Crippen molar-refractivity contribution in [2.24, 2.45) is 0 Å². The van der Waals surface area contributed by atoms with Crippen LogP contribution in [0.2, 0.25) is 0 Å². The highest BCUT2D eigenvalue weighted by molar-refractivity contribution is 8.01. The number of hydrogen-bond acceptors (Lipinski definition) is 7. The highest BCUT2D eigenvalue weighted by Crippen LogP contribution is 2.29. The third-order valence-corrected chi connectivity index (χ3v) is 6.36. The van der Waals surface area contributed by atoms with Crippen LogP contribution in [0.5, 0.6) is 0 Å². The van der Waals surface area contributed by atoms with Gasteiger partial charge in [0.05, 0.1) is 18.4 Å². The van der Waals surface area contributed by atoms with Crippen molar-refractivity contribution in [1.82, 2.24) is 14.8 Å². The monoisotopic (exact) mass is 416 g/mol. The number of hydrogen-bond donors (Lipinski definition) is 1. The van der Waals surface area contributed by atoms with Crippen LogP contribution in [0.4, 0.5) is 10.8 Å². The molecule has 0 spiro atoms. The number of para-hydroxylation sites is 1. The average molecular weight is 417 g/mol. The third-order valence-electron chi connectivity index (χ3n) is 4.39. The number of ketones is 1. The number of rotatable bonds is 9. The van der Waals surface area contributed by atoms with Crippen LogP contribution < -0.4 is 5.32 Å². The van der Waals surface area contributed by atoms with Gasteiger partial charge in [0.1, 0.15) is 0 Å². The van der Waals surface area contributed by atoms with Gasteiger partial charge >= 0.3 is 0 Å². The van der Waals surface area contributed by atoms with Gasteiger partial charge in [0.2, 0.25) is 5.13 Å². The summed E-state index contributed by atoms with van der Waals surface area (Å²) in [5, 5.41) is 12.3. The summed E-state index contributed by atoms with van der Waals surface area (Å²) in [6, 6.07) is 12.0. The maximum absolute atomic E-state index is 12.8. The predicted octanol–water partition coefficient (Wildman–Crippen LogP) is 4.88. The molecule has 2 aromatic heterocycles. The van der Waals surface area contributed by atoms with Crippen LogP contribution in [0, 0.1) is 13.8 Å². The Hall–Kier alpha value is -2.16. The highest BCUT2D eigenvalue weighted by atomic mass is 32.2. The number of nitrogens with one attached hydrogen (secondary N) is 1. The van der Waals surface area contributed by atoms with Crippen molar-refractivity contribution in [1.29, 1.82) is 0 Å². The lowest BCUT2D eigenvalue weighted by atomic mass is 10.2. The quantitative estimate of drug-likeness (QED) is 0.396. The van der Waals surface area contributed by atoms with Crippen LogP contribution in [0.25, 0.3) is 0 Å². The molecular weight excluding hydrogens is 392 g/mol. The molecule has 6 nitrogen and oxygen atoms in total. The summed E-state index contributed by atoms with van der Waals surface area (Å²) in [6.07, 6.45) is 0. The van der Waals surface area contributed by atoms with E-state index in [1.54, 1.807) is 7.11 Å². The van der Waals surface area contributed by atoms with Gasteiger partial charge in [-0.3, -0.25) is 4.79 Å². The van der Waals surface area contributed by atoms with Crippen LogP contribution in [-0.4, -0.2) is 40.0 Å². The zero-order chi connectivity index (χ0) is 20.1. The molecule has 0 aliphatic rings. The van der Waals surface area contributed by atoms with Crippen LogP contribution >= 0.6 is 23.1 Å². The number of thioether (sulfide) groups is 1. The van der Waals surface area contributed by atoms with Gasteiger partial charge in [0.15, 0.2) is 10.1 Å². The lowest BCUT2D eigenvalue weighted by molar-refractivity contribution is 0.102. The molecule has 3 rings (SSSR count). The van der Waals surface area contributed by atoms with E-state index in [0.717, 1.165) is 27.0 Å². The Labute approximate surface area is 173 Å². The predicted molar refractivity (Wildman–Crippen MR) is 115 cm³/mol. The minimum absolute atomic E-state index is 0.0988. The first kappa shape index (κ1) is 20.6. The molecule has 0 aliphatic carbocycles. The second kappa shape index (κ2) is 9.36. The number of aromatic nitrogens is 3. The van der Waals surface area contributed by atoms with E-state index in [2.05, 4.69) is 27.0 Å². The highest BCUT2D eigenvalue weighted by Gasteiger charge is 2.19. The first-order chi connectivity index (χ1) is 13.5. The Balaban J connectivity index is 1.63. The molecule has 0 amide bonds. The number of aryl methyl sites for hydroxylation is 1. The molecule has 1 N–H and O–H groups in total. The van der Waals surface area contributed by atoms with Crippen molar-refractivity contribution in [3.63, 3.8) is 0 Å². The molecule has 0 fully saturated rings. The molecule has 1 atom stereocenters. The largest absolute Gasteiger partial charge is 0.383 e. The molecule has 28 heavy (non-hydrogen) atoms. The number of nitrogens with zero attached hydrogens (tertiary/aromatic N) is 3. The SMILES string of the molecule is COC[C@H](C)n1c(C)cc(C(=O)CSc2nnc(Nc3ccccc3)s2)c1C. The molecule has 0 bridgehead atoms. The zero-order valence-electron chi connectivity index (χ0n) is 16.4. The second-order valence-corrected chi connectivity index (χ2v) is 8.74. The number of Topliss-reactive ketones (excluding diaryl/α,β-unsaturated/α-hetero) is 1. The zero-order valence-corrected chi connectivity index (χ0v) is 18.1. The van der Waals surface area contributed by atoms with Crippen molar-refractivity contribution >= 4 is 39.7 Å². The molecule has 0 saturated heterocycles. The van der Waals surface area contributed by atoms with E-state index in [1.807, 2.05) is 50.2 Å². The van der Waals surface area contributed by atoms with Crippen LogP contribution in [0.15, 0.2) is 40.7 Å². The van der Waals surface area contributed by atoms with Gasteiger partial charge in [-0.25, -0.2) is 0 Å². The Kier molecular flexibility index (Phi) is 6.88. The summed E-state index contributed by atoms with van der Waals surface area (Å²) < 4.78 is 8.19. The molecule has 148 valence electrons. The fourth-order valence-corrected chi connectivity index (χ4v) is 4.88. The van der Waals surface area contributed by atoms with Crippen LogP contribution in [-0.2, 0) is 4.74 Å². The first-order valence-corrected chi connectivity index (χ1v) is 10.8. The Morgan fingerprint density at radius 2 is 2.04 bits per heavy atom. The van der Waals surface area contributed by atoms with Gasteiger partial charge in [-0.1, -0.05) is 41.3 Å². The summed E-state index contributed by atoms with van der Waals surface area (Å²) in [6.45, 7) is 6.72. The molecular formula is C20H24N4O2S2. The molecule has 8 heteroatoms. The lowest BCUT2D eigenvalue weighted by Gasteiger charge is -2.17. The van der Waals surface area contributed by atoms with Crippen LogP contribution in [0.3, 0.4) is 0 Å². The van der Waals surface area contributed by atoms with E-state index in [1.165, 1.54) is 23.1 Å². The molecule has 2 heterocycles. The summed E-state index contributed by atoms with van der Waals surface area (Å²) in [7, 11) is 1.69. The lowest BCUT2D eigenvalue weighted by Crippen LogP contribution is -2.14. The van der Waals surface area contributed by atoms with E-state index in [4.69, 9.17) is 4.74 Å². The van der Waals surface area contributed by atoms with Crippen LogP contribution in [0.1, 0.15) is 34.7 Å². The molecule has 1 aromatic carbocycles. The number of ether oxygens (including phenoxy) is 1. The molecule has 0 aliphatic heterocycles. The molecule has 0 unspecified atom stereocenters. The Morgan fingerprint density at radius 3 is 2.75 bits per heavy atom. The molecule has 0 saturated carbocycles. The number of benzene rings is 1. The van der Waals surface area contributed by atoms with Gasteiger partial charge < -0.3 is 14.6 Å². The fourth-order valence-electron chi connectivity index (χ4n) is 3.22. The Morgan fingerprint density at radius 1 is 1.29 bits per heavy atom. The van der Waals surface area contributed by atoms with E-state index in [9.17, 15) is 4.79 Å². The van der Waals surface area contributed by atoms with Crippen molar-refractivity contribution < 1.29 is 9.53 Å². The fraction of sp³-hybridized carbons (Fsp3) is 0.350. The maximum atomic E-state index is 12.8. The van der Waals surface area contributed by atoms with E-state index in [0.29, 0.717) is 17.5 Å². The summed E-state index contributed by atoms with van der Waals surface area (Å²) in [5.41, 5.74) is 3.78. The van der Waals surface area contributed by atoms with Gasteiger partial charge in [-0.15, -0.1) is 10.2 Å². The van der Waals surface area contributed by atoms with Gasteiger partial charge in [0, 0.05) is 29.7 Å². The summed E-state index contributed by atoms with van der Waals surface area (Å²) in [4.78, 5) is 12.8. The number of anilines is 2. The first-order valence-electron chi connectivity index (χ1n) is 8.98. The standard InChI is InChI=1S/C20H24N4O2S2/c1-13-10-17(15(3)24(13)14(2)11-26-4)18(25)12-27-20-23-22-19(28-20)21-16-8-6-5-7-9-16/h5-10,14H,11-12H2,1-4H3,(H,21,22)/t14-/m0/s1. The van der Waals surface area contributed by atoms with Crippen molar-refractivity contribution in [3.05, 3.63) is 53.3 Å². The minimum Gasteiger partial charge on any atom is -0.383 e. The second-order valence-electron chi connectivity index (χ2n) is 6.54. The Bertz CT molecular complexity index is 937. The number of carbonyl (C=O) groups excluding carboxylic acids is 1. The number of carbonyl (C=O) groups is 1. The van der Waals surface area contributed by atoms with Crippen molar-refractivity contribution in [2.75, 3.05) is 24.8 Å². The molecule has 3 aromatic rings. The third kappa shape index (κ3) is 4.81. The summed E-state index contributed by atoms with van der Waals surface area (Å²) >= 11 is 2.86. The van der Waals surface area contributed by atoms with Crippen molar-refractivity contribution in [3.8, 4) is 0 Å².